The number of carbonyl (C=O) groups is 1. The van der Waals surface area contributed by atoms with Gasteiger partial charge in [0.2, 0.25) is 0 Å². The van der Waals surface area contributed by atoms with E-state index in [2.05, 4.69) is 5.32 Å². The Morgan fingerprint density at radius 2 is 1.85 bits per heavy atom. The number of rotatable bonds is 6. The van der Waals surface area contributed by atoms with Crippen LogP contribution in [0.2, 0.25) is 0 Å². The number of nitro benzene ring substituents is 1. The lowest BCUT2D eigenvalue weighted by atomic mass is 10.1. The number of nitrogens with one attached hydrogen (secondary N) is 1. The highest BCUT2D eigenvalue weighted by Crippen LogP contribution is 2.31. The van der Waals surface area contributed by atoms with Crippen molar-refractivity contribution in [2.45, 2.75) is 19.3 Å². The molecule has 1 aliphatic heterocycles. The van der Waals surface area contributed by atoms with E-state index in [9.17, 15) is 14.9 Å². The van der Waals surface area contributed by atoms with Gasteiger partial charge in [-0.2, -0.15) is 0 Å². The second-order valence-corrected chi connectivity index (χ2v) is 6.40. The van der Waals surface area contributed by atoms with Crippen LogP contribution in [0.5, 0.6) is 0 Å². The van der Waals surface area contributed by atoms with E-state index in [0.29, 0.717) is 29.9 Å². The first-order chi connectivity index (χ1) is 12.5. The van der Waals surface area contributed by atoms with Crippen LogP contribution in [0.15, 0.2) is 42.5 Å². The van der Waals surface area contributed by atoms with Crippen molar-refractivity contribution in [3.8, 4) is 0 Å². The van der Waals surface area contributed by atoms with Crippen molar-refractivity contribution >= 4 is 23.0 Å². The second-order valence-electron chi connectivity index (χ2n) is 6.40. The van der Waals surface area contributed by atoms with Crippen LogP contribution in [-0.2, 0) is 6.42 Å². The van der Waals surface area contributed by atoms with Gasteiger partial charge in [0.25, 0.3) is 11.6 Å². The molecule has 0 aromatic heterocycles. The highest BCUT2D eigenvalue weighted by atomic mass is 16.6. The van der Waals surface area contributed by atoms with Gasteiger partial charge in [0.15, 0.2) is 0 Å². The number of carbonyl (C=O) groups excluding carboxylic acids is 1. The maximum Gasteiger partial charge on any atom is 0.293 e. The summed E-state index contributed by atoms with van der Waals surface area (Å²) in [5, 5.41) is 14.2. The van der Waals surface area contributed by atoms with Crippen LogP contribution in [0.4, 0.5) is 17.1 Å². The predicted octanol–water partition coefficient (Wildman–Crippen LogP) is 2.75. The maximum atomic E-state index is 12.3. The zero-order valence-electron chi connectivity index (χ0n) is 14.5. The number of amides is 1. The fraction of sp³-hybridized carbons (Fsp3) is 0.316. The Balaban J connectivity index is 1.65. The fourth-order valence-electron chi connectivity index (χ4n) is 3.14. The van der Waals surface area contributed by atoms with Crippen molar-refractivity contribution in [1.29, 1.82) is 0 Å². The fourth-order valence-corrected chi connectivity index (χ4v) is 3.14. The molecule has 2 aromatic carbocycles. The average molecular weight is 354 g/mol. The molecular formula is C19H22N4O3. The van der Waals surface area contributed by atoms with Crippen molar-refractivity contribution < 1.29 is 9.72 Å². The predicted molar refractivity (Wildman–Crippen MR) is 101 cm³/mol. The molecule has 7 nitrogen and oxygen atoms in total. The van der Waals surface area contributed by atoms with Gasteiger partial charge in [-0.1, -0.05) is 12.1 Å². The molecule has 2 aromatic rings. The maximum absolute atomic E-state index is 12.3. The first-order valence-corrected chi connectivity index (χ1v) is 8.70. The van der Waals surface area contributed by atoms with Crippen molar-refractivity contribution in [3.05, 3.63) is 63.7 Å². The molecule has 26 heavy (non-hydrogen) atoms. The highest BCUT2D eigenvalue weighted by Gasteiger charge is 2.23. The van der Waals surface area contributed by atoms with E-state index in [0.717, 1.165) is 31.5 Å². The third-order valence-corrected chi connectivity index (χ3v) is 4.56. The zero-order chi connectivity index (χ0) is 18.5. The number of nitrogens with zero attached hydrogens (tertiary/aromatic N) is 2. The molecule has 0 aliphatic carbocycles. The summed E-state index contributed by atoms with van der Waals surface area (Å²) < 4.78 is 0. The normalized spacial score (nSPS) is 13.6. The zero-order valence-corrected chi connectivity index (χ0v) is 14.5. The van der Waals surface area contributed by atoms with Crippen molar-refractivity contribution in [1.82, 2.24) is 5.32 Å². The smallest absolute Gasteiger partial charge is 0.293 e. The summed E-state index contributed by atoms with van der Waals surface area (Å²) in [6, 6.07) is 12.2. The van der Waals surface area contributed by atoms with E-state index >= 15 is 0 Å². The number of hydrogen-bond acceptors (Lipinski definition) is 5. The number of benzene rings is 2. The summed E-state index contributed by atoms with van der Waals surface area (Å²) in [6.45, 7) is 2.08. The topological polar surface area (TPSA) is 102 Å². The standard InChI is InChI=1S/C19H22N4O3/c20-16-6-3-14(4-7-16)9-10-21-19(24)15-5-8-17(18(13-15)23(25)26)22-11-1-2-12-22/h3-8,13H,1-2,9-12,20H2,(H,21,24). The van der Waals surface area contributed by atoms with Gasteiger partial charge in [0.1, 0.15) is 5.69 Å². The third kappa shape index (κ3) is 4.11. The van der Waals surface area contributed by atoms with Crippen LogP contribution in [0, 0.1) is 10.1 Å². The molecule has 1 amide bonds. The van der Waals surface area contributed by atoms with Crippen molar-refractivity contribution in [3.63, 3.8) is 0 Å². The molecule has 1 heterocycles. The third-order valence-electron chi connectivity index (χ3n) is 4.56. The van der Waals surface area contributed by atoms with E-state index in [1.165, 1.54) is 6.07 Å². The van der Waals surface area contributed by atoms with Gasteiger partial charge in [0.05, 0.1) is 4.92 Å². The average Bonchev–Trinajstić information content (AvgIpc) is 3.17. The van der Waals surface area contributed by atoms with Gasteiger partial charge in [-0.05, 0) is 49.1 Å². The van der Waals surface area contributed by atoms with E-state index in [4.69, 9.17) is 5.73 Å². The summed E-state index contributed by atoms with van der Waals surface area (Å²) >= 11 is 0. The minimum Gasteiger partial charge on any atom is -0.399 e. The summed E-state index contributed by atoms with van der Waals surface area (Å²) in [6.07, 6.45) is 2.73. The van der Waals surface area contributed by atoms with Gasteiger partial charge in [-0.25, -0.2) is 0 Å². The summed E-state index contributed by atoms with van der Waals surface area (Å²) in [7, 11) is 0. The number of nitro groups is 1. The lowest BCUT2D eigenvalue weighted by Gasteiger charge is -2.17. The van der Waals surface area contributed by atoms with E-state index in [-0.39, 0.29) is 11.6 Å². The lowest BCUT2D eigenvalue weighted by molar-refractivity contribution is -0.384. The summed E-state index contributed by atoms with van der Waals surface area (Å²) in [4.78, 5) is 25.3. The van der Waals surface area contributed by atoms with E-state index in [1.54, 1.807) is 12.1 Å². The largest absolute Gasteiger partial charge is 0.399 e. The van der Waals surface area contributed by atoms with Crippen molar-refractivity contribution in [2.24, 2.45) is 0 Å². The lowest BCUT2D eigenvalue weighted by Crippen LogP contribution is -2.26. The molecule has 0 spiro atoms. The molecule has 3 N–H and O–H groups in total. The Bertz CT molecular complexity index is 799. The minimum absolute atomic E-state index is 0.0157. The highest BCUT2D eigenvalue weighted by molar-refractivity contribution is 5.95. The Morgan fingerprint density at radius 3 is 2.50 bits per heavy atom. The van der Waals surface area contributed by atoms with Crippen molar-refractivity contribution in [2.75, 3.05) is 30.3 Å². The molecule has 0 atom stereocenters. The van der Waals surface area contributed by atoms with E-state index in [1.807, 2.05) is 29.2 Å². The SMILES string of the molecule is Nc1ccc(CCNC(=O)c2ccc(N3CCCC3)c([N+](=O)[O-])c2)cc1. The van der Waals surface area contributed by atoms with Crippen LogP contribution >= 0.6 is 0 Å². The molecule has 1 aliphatic rings. The number of nitrogens with two attached hydrogens (primary N) is 1. The first kappa shape index (κ1) is 17.7. The molecule has 136 valence electrons. The van der Waals surface area contributed by atoms with Gasteiger partial charge < -0.3 is 16.0 Å². The first-order valence-electron chi connectivity index (χ1n) is 8.70. The van der Waals surface area contributed by atoms with Gasteiger partial charge in [-0.3, -0.25) is 14.9 Å². The molecule has 3 rings (SSSR count). The van der Waals surface area contributed by atoms with Gasteiger partial charge in [0, 0.05) is 37.0 Å². The van der Waals surface area contributed by atoms with Crippen LogP contribution < -0.4 is 16.0 Å². The molecule has 7 heteroatoms. The van der Waals surface area contributed by atoms with Crippen LogP contribution in [-0.4, -0.2) is 30.5 Å². The quantitative estimate of drug-likeness (QED) is 0.472. The molecule has 0 unspecified atom stereocenters. The number of nitrogen functional groups attached to an aromatic ring is 1. The monoisotopic (exact) mass is 354 g/mol. The van der Waals surface area contributed by atoms with Crippen LogP contribution in [0.25, 0.3) is 0 Å². The summed E-state index contributed by atoms with van der Waals surface area (Å²) in [5.41, 5.74) is 8.29. The molecule has 1 saturated heterocycles. The van der Waals surface area contributed by atoms with Gasteiger partial charge >= 0.3 is 0 Å². The molecule has 0 saturated carbocycles. The Hall–Kier alpha value is -3.09. The molecule has 0 bridgehead atoms. The molecular weight excluding hydrogens is 332 g/mol. The second kappa shape index (κ2) is 7.86. The summed E-state index contributed by atoms with van der Waals surface area (Å²) in [5.74, 6) is -0.309. The Labute approximate surface area is 152 Å². The Morgan fingerprint density at radius 1 is 1.15 bits per heavy atom. The number of anilines is 2. The molecule has 1 fully saturated rings. The number of hydrogen-bond donors (Lipinski definition) is 2. The van der Waals surface area contributed by atoms with Gasteiger partial charge in [-0.15, -0.1) is 0 Å². The molecule has 0 radical (unpaired) electrons. The van der Waals surface area contributed by atoms with Crippen LogP contribution in [0.1, 0.15) is 28.8 Å². The van der Waals surface area contributed by atoms with Crippen LogP contribution in [0.3, 0.4) is 0 Å². The van der Waals surface area contributed by atoms with E-state index < -0.39 is 4.92 Å². The Kier molecular flexibility index (Phi) is 5.36. The minimum atomic E-state index is -0.418.